The van der Waals surface area contributed by atoms with Gasteiger partial charge >= 0.3 is 0 Å². The van der Waals surface area contributed by atoms with Crippen molar-refractivity contribution in [3.8, 4) is 11.5 Å². The molecule has 0 atom stereocenters. The predicted molar refractivity (Wildman–Crippen MR) is 76.7 cm³/mol. The normalized spacial score (nSPS) is 10.1. The second-order valence-electron chi connectivity index (χ2n) is 3.61. The van der Waals surface area contributed by atoms with Gasteiger partial charge in [-0.15, -0.1) is 0 Å². The van der Waals surface area contributed by atoms with E-state index in [0.717, 1.165) is 4.47 Å². The van der Waals surface area contributed by atoms with Gasteiger partial charge in [0.2, 0.25) is 0 Å². The molecule has 0 saturated carbocycles. The Morgan fingerprint density at radius 2 is 1.83 bits per heavy atom. The van der Waals surface area contributed by atoms with Gasteiger partial charge in [-0.25, -0.2) is 0 Å². The molecule has 92 valence electrons. The second-order valence-corrected chi connectivity index (χ2v) is 4.96. The largest absolute Gasteiger partial charge is 0.457 e. The van der Waals surface area contributed by atoms with Crippen LogP contribution in [0.5, 0.6) is 11.5 Å². The maximum Gasteiger partial charge on any atom is 0.139 e. The van der Waals surface area contributed by atoms with Crippen molar-refractivity contribution in [3.05, 3.63) is 57.5 Å². The summed E-state index contributed by atoms with van der Waals surface area (Å²) in [6.07, 6.45) is 0. The Bertz CT molecular complexity index is 584. The van der Waals surface area contributed by atoms with Crippen molar-refractivity contribution in [1.29, 1.82) is 5.41 Å². The van der Waals surface area contributed by atoms with Crippen molar-refractivity contribution in [1.82, 2.24) is 0 Å². The third-order valence-electron chi connectivity index (χ3n) is 2.28. The smallest absolute Gasteiger partial charge is 0.139 e. The average Bonchev–Trinajstić information content (AvgIpc) is 2.32. The van der Waals surface area contributed by atoms with Crippen LogP contribution in [0.1, 0.15) is 5.56 Å². The Hall–Kier alpha value is -1.52. The molecule has 0 fully saturated rings. The SMILES string of the molecule is N=C(N)c1ccc(Cl)cc1Oc1ccc(Br)cc1. The highest BCUT2D eigenvalue weighted by atomic mass is 79.9. The highest BCUT2D eigenvalue weighted by Gasteiger charge is 2.08. The molecule has 0 amide bonds. The van der Waals surface area contributed by atoms with Crippen LogP contribution in [0.15, 0.2) is 46.9 Å². The predicted octanol–water partition coefficient (Wildman–Crippen LogP) is 4.18. The van der Waals surface area contributed by atoms with Gasteiger partial charge in [-0.05, 0) is 36.4 Å². The Morgan fingerprint density at radius 1 is 1.17 bits per heavy atom. The van der Waals surface area contributed by atoms with Crippen LogP contribution in [0.25, 0.3) is 0 Å². The summed E-state index contributed by atoms with van der Waals surface area (Å²) in [5.41, 5.74) is 6.01. The van der Waals surface area contributed by atoms with Gasteiger partial charge in [0.1, 0.15) is 17.3 Å². The monoisotopic (exact) mass is 324 g/mol. The number of nitrogens with one attached hydrogen (secondary N) is 1. The van der Waals surface area contributed by atoms with Gasteiger partial charge in [-0.2, -0.15) is 0 Å². The Kier molecular flexibility index (Phi) is 3.89. The fourth-order valence-electron chi connectivity index (χ4n) is 1.43. The minimum Gasteiger partial charge on any atom is -0.457 e. The molecule has 0 aliphatic heterocycles. The lowest BCUT2D eigenvalue weighted by Gasteiger charge is -2.10. The standard InChI is InChI=1S/C13H10BrClN2O/c14-8-1-4-10(5-2-8)18-12-7-9(15)3-6-11(12)13(16)17/h1-7H,(H3,16,17). The number of hydrogen-bond donors (Lipinski definition) is 2. The first kappa shape index (κ1) is 12.9. The summed E-state index contributed by atoms with van der Waals surface area (Å²) in [6, 6.07) is 12.3. The zero-order valence-corrected chi connectivity index (χ0v) is 11.6. The van der Waals surface area contributed by atoms with Gasteiger partial charge in [-0.1, -0.05) is 27.5 Å². The molecule has 0 heterocycles. The Morgan fingerprint density at radius 3 is 2.44 bits per heavy atom. The fraction of sp³-hybridized carbons (Fsp3) is 0. The third kappa shape index (κ3) is 3.03. The molecular formula is C13H10BrClN2O. The highest BCUT2D eigenvalue weighted by Crippen LogP contribution is 2.28. The van der Waals surface area contributed by atoms with Crippen LogP contribution in [0.2, 0.25) is 5.02 Å². The summed E-state index contributed by atoms with van der Waals surface area (Å²) in [5.74, 6) is 1.07. The quantitative estimate of drug-likeness (QED) is 0.657. The fourth-order valence-corrected chi connectivity index (χ4v) is 1.86. The number of rotatable bonds is 3. The van der Waals surface area contributed by atoms with E-state index in [1.807, 2.05) is 24.3 Å². The molecule has 0 radical (unpaired) electrons. The molecular weight excluding hydrogens is 316 g/mol. The lowest BCUT2D eigenvalue weighted by molar-refractivity contribution is 0.481. The van der Waals surface area contributed by atoms with Gasteiger partial charge in [0, 0.05) is 15.6 Å². The molecule has 3 N–H and O–H groups in total. The molecule has 2 rings (SSSR count). The van der Waals surface area contributed by atoms with Crippen molar-refractivity contribution in [3.63, 3.8) is 0 Å². The molecule has 18 heavy (non-hydrogen) atoms. The number of amidine groups is 1. The van der Waals surface area contributed by atoms with Gasteiger partial charge < -0.3 is 10.5 Å². The van der Waals surface area contributed by atoms with Crippen LogP contribution >= 0.6 is 27.5 Å². The first-order chi connectivity index (χ1) is 8.56. The summed E-state index contributed by atoms with van der Waals surface area (Å²) >= 11 is 9.26. The third-order valence-corrected chi connectivity index (χ3v) is 3.04. The van der Waals surface area contributed by atoms with Gasteiger partial charge in [-0.3, -0.25) is 5.41 Å². The van der Waals surface area contributed by atoms with Gasteiger partial charge in [0.15, 0.2) is 0 Å². The molecule has 5 heteroatoms. The molecule has 0 aliphatic rings. The highest BCUT2D eigenvalue weighted by molar-refractivity contribution is 9.10. The van der Waals surface area contributed by atoms with Crippen molar-refractivity contribution in [2.75, 3.05) is 0 Å². The van der Waals surface area contributed by atoms with Crippen molar-refractivity contribution < 1.29 is 4.74 Å². The van der Waals surface area contributed by atoms with Crippen molar-refractivity contribution in [2.24, 2.45) is 5.73 Å². The lowest BCUT2D eigenvalue weighted by atomic mass is 10.2. The number of benzene rings is 2. The van der Waals surface area contributed by atoms with Crippen molar-refractivity contribution >= 4 is 33.4 Å². The number of hydrogen-bond acceptors (Lipinski definition) is 2. The van der Waals surface area contributed by atoms with Crippen LogP contribution < -0.4 is 10.5 Å². The van der Waals surface area contributed by atoms with Crippen LogP contribution in [-0.2, 0) is 0 Å². The maximum atomic E-state index is 7.49. The topological polar surface area (TPSA) is 59.1 Å². The first-order valence-corrected chi connectivity index (χ1v) is 6.31. The lowest BCUT2D eigenvalue weighted by Crippen LogP contribution is -2.12. The van der Waals surface area contributed by atoms with Gasteiger partial charge in [0.05, 0.1) is 5.56 Å². The maximum absolute atomic E-state index is 7.49. The summed E-state index contributed by atoms with van der Waals surface area (Å²) in [4.78, 5) is 0. The van der Waals surface area contributed by atoms with Crippen molar-refractivity contribution in [2.45, 2.75) is 0 Å². The minimum atomic E-state index is -0.0567. The van der Waals surface area contributed by atoms with E-state index in [1.165, 1.54) is 0 Å². The zero-order valence-electron chi connectivity index (χ0n) is 9.28. The zero-order chi connectivity index (χ0) is 13.1. The van der Waals surface area contributed by atoms with E-state index in [4.69, 9.17) is 27.5 Å². The molecule has 0 spiro atoms. The van der Waals surface area contributed by atoms with E-state index < -0.39 is 0 Å². The summed E-state index contributed by atoms with van der Waals surface area (Å²) in [5, 5.41) is 8.03. The molecule has 2 aromatic rings. The summed E-state index contributed by atoms with van der Waals surface area (Å²) < 4.78 is 6.65. The molecule has 0 aromatic heterocycles. The second kappa shape index (κ2) is 5.42. The van der Waals surface area contributed by atoms with E-state index >= 15 is 0 Å². The van der Waals surface area contributed by atoms with E-state index in [9.17, 15) is 0 Å². The Balaban J connectivity index is 2.35. The van der Waals surface area contributed by atoms with Crippen LogP contribution in [0, 0.1) is 5.41 Å². The van der Waals surface area contributed by atoms with E-state index in [1.54, 1.807) is 18.2 Å². The molecule has 2 aromatic carbocycles. The summed E-state index contributed by atoms with van der Waals surface area (Å²) in [7, 11) is 0. The number of halogens is 2. The van der Waals surface area contributed by atoms with E-state index in [2.05, 4.69) is 15.9 Å². The van der Waals surface area contributed by atoms with Crippen LogP contribution in [0.4, 0.5) is 0 Å². The number of ether oxygens (including phenoxy) is 1. The number of nitrogen functional groups attached to an aromatic ring is 1. The molecule has 0 aliphatic carbocycles. The Labute approximate surface area is 118 Å². The molecule has 3 nitrogen and oxygen atoms in total. The molecule has 0 unspecified atom stereocenters. The minimum absolute atomic E-state index is 0.0567. The average molecular weight is 326 g/mol. The molecule has 0 bridgehead atoms. The van der Waals surface area contributed by atoms with Gasteiger partial charge in [0.25, 0.3) is 0 Å². The van der Waals surface area contributed by atoms with Crippen LogP contribution in [0.3, 0.4) is 0 Å². The van der Waals surface area contributed by atoms with Crippen LogP contribution in [-0.4, -0.2) is 5.84 Å². The first-order valence-electron chi connectivity index (χ1n) is 5.13. The molecule has 0 saturated heterocycles. The van der Waals surface area contributed by atoms with E-state index in [0.29, 0.717) is 22.1 Å². The summed E-state index contributed by atoms with van der Waals surface area (Å²) in [6.45, 7) is 0. The number of nitrogens with two attached hydrogens (primary N) is 1. The van der Waals surface area contributed by atoms with E-state index in [-0.39, 0.29) is 5.84 Å².